The molecule has 0 amide bonds. The van der Waals surface area contributed by atoms with Gasteiger partial charge in [-0.3, -0.25) is 9.58 Å². The van der Waals surface area contributed by atoms with Crippen molar-refractivity contribution in [3.05, 3.63) is 53.4 Å². The van der Waals surface area contributed by atoms with Crippen LogP contribution in [0.5, 0.6) is 0 Å². The van der Waals surface area contributed by atoms with E-state index < -0.39 is 17.7 Å². The fourth-order valence-electron chi connectivity index (χ4n) is 3.17. The van der Waals surface area contributed by atoms with Crippen LogP contribution in [0.4, 0.5) is 8.78 Å². The molecule has 1 saturated heterocycles. The molecule has 6 heteroatoms. The molecule has 2 atom stereocenters. The van der Waals surface area contributed by atoms with Crippen molar-refractivity contribution in [1.29, 1.82) is 0 Å². The van der Waals surface area contributed by atoms with Gasteiger partial charge in [0.2, 0.25) is 0 Å². The number of aromatic nitrogens is 2. The summed E-state index contributed by atoms with van der Waals surface area (Å²) in [5, 5.41) is 14.2. The van der Waals surface area contributed by atoms with Crippen LogP contribution in [0.3, 0.4) is 0 Å². The van der Waals surface area contributed by atoms with Gasteiger partial charge in [-0.05, 0) is 43.0 Å². The van der Waals surface area contributed by atoms with Gasteiger partial charge in [0.25, 0.3) is 0 Å². The average Bonchev–Trinajstić information content (AvgIpc) is 3.14. The van der Waals surface area contributed by atoms with Gasteiger partial charge in [0.1, 0.15) is 0 Å². The Hall–Kier alpha value is -1.79. The third-order valence-electron chi connectivity index (χ3n) is 4.41. The zero-order chi connectivity index (χ0) is 16.4. The molecule has 0 radical (unpaired) electrons. The Morgan fingerprint density at radius 2 is 2.13 bits per heavy atom. The van der Waals surface area contributed by atoms with Gasteiger partial charge in [-0.2, -0.15) is 5.10 Å². The topological polar surface area (TPSA) is 41.3 Å². The normalized spacial score (nSPS) is 21.9. The summed E-state index contributed by atoms with van der Waals surface area (Å²) in [7, 11) is 0. The van der Waals surface area contributed by atoms with E-state index in [9.17, 15) is 13.9 Å². The summed E-state index contributed by atoms with van der Waals surface area (Å²) in [6, 6.07) is 3.91. The summed E-state index contributed by atoms with van der Waals surface area (Å²) in [4.78, 5) is 2.13. The number of aliphatic hydroxyl groups is 1. The second kappa shape index (κ2) is 6.76. The lowest BCUT2D eigenvalue weighted by molar-refractivity contribution is 0.175. The lowest BCUT2D eigenvalue weighted by Crippen LogP contribution is -2.27. The minimum atomic E-state index is -0.842. The molecule has 0 spiro atoms. The third kappa shape index (κ3) is 3.59. The van der Waals surface area contributed by atoms with Crippen molar-refractivity contribution in [2.75, 3.05) is 13.1 Å². The molecule has 1 aliphatic rings. The zero-order valence-corrected chi connectivity index (χ0v) is 13.1. The van der Waals surface area contributed by atoms with Gasteiger partial charge >= 0.3 is 0 Å². The molecule has 0 unspecified atom stereocenters. The molecule has 1 aliphatic heterocycles. The lowest BCUT2D eigenvalue weighted by Gasteiger charge is -2.24. The van der Waals surface area contributed by atoms with Crippen LogP contribution in [-0.2, 0) is 13.0 Å². The van der Waals surface area contributed by atoms with Gasteiger partial charge in [0, 0.05) is 31.9 Å². The molecule has 1 aromatic carbocycles. The summed E-state index contributed by atoms with van der Waals surface area (Å²) >= 11 is 0. The van der Waals surface area contributed by atoms with E-state index in [0.29, 0.717) is 18.5 Å². The van der Waals surface area contributed by atoms with Gasteiger partial charge < -0.3 is 5.11 Å². The summed E-state index contributed by atoms with van der Waals surface area (Å²) in [6.45, 7) is 4.16. The van der Waals surface area contributed by atoms with Crippen LogP contribution in [0.25, 0.3) is 0 Å². The number of nitrogens with zero attached hydrogens (tertiary/aromatic N) is 3. The van der Waals surface area contributed by atoms with E-state index in [0.717, 1.165) is 31.1 Å². The molecule has 2 aromatic rings. The molecule has 1 aromatic heterocycles. The van der Waals surface area contributed by atoms with Crippen LogP contribution < -0.4 is 0 Å². The second-order valence-electron chi connectivity index (χ2n) is 6.03. The molecule has 3 rings (SSSR count). The van der Waals surface area contributed by atoms with E-state index in [4.69, 9.17) is 0 Å². The Morgan fingerprint density at radius 3 is 2.83 bits per heavy atom. The van der Waals surface area contributed by atoms with Gasteiger partial charge in [0.05, 0.1) is 12.3 Å². The van der Waals surface area contributed by atoms with Crippen molar-refractivity contribution in [1.82, 2.24) is 14.7 Å². The first kappa shape index (κ1) is 16.1. The fourth-order valence-corrected chi connectivity index (χ4v) is 3.17. The van der Waals surface area contributed by atoms with Crippen LogP contribution in [0, 0.1) is 11.6 Å². The summed E-state index contributed by atoms with van der Waals surface area (Å²) < 4.78 is 28.5. The van der Waals surface area contributed by atoms with Crippen molar-refractivity contribution in [3.8, 4) is 0 Å². The molecule has 1 N–H and O–H groups in total. The quantitative estimate of drug-likeness (QED) is 0.920. The number of hydrogen-bond donors (Lipinski definition) is 1. The Balaban J connectivity index is 1.70. The average molecular weight is 321 g/mol. The van der Waals surface area contributed by atoms with Crippen LogP contribution >= 0.6 is 0 Å². The fraction of sp³-hybridized carbons (Fsp3) is 0.471. The molecular formula is C17H21F2N3O. The Kier molecular flexibility index (Phi) is 4.73. The van der Waals surface area contributed by atoms with E-state index in [1.807, 2.05) is 24.0 Å². The Labute approximate surface area is 134 Å². The highest BCUT2D eigenvalue weighted by molar-refractivity contribution is 5.23. The summed E-state index contributed by atoms with van der Waals surface area (Å²) in [5.74, 6) is -1.68. The van der Waals surface area contributed by atoms with Crippen LogP contribution in [0.2, 0.25) is 0 Å². The third-order valence-corrected chi connectivity index (χ3v) is 4.41. The molecule has 1 fully saturated rings. The van der Waals surface area contributed by atoms with Crippen molar-refractivity contribution < 1.29 is 13.9 Å². The highest BCUT2D eigenvalue weighted by atomic mass is 19.2. The standard InChI is InChI=1S/C17H21F2N3O/c1-2-22-10-12(9-20-22)5-6-21-11-14(23)8-17(21)13-3-4-15(18)16(19)7-13/h3-4,7,9-10,14,17,23H,2,5-6,8,11H2,1H3/t14-,17-/m0/s1. The minimum absolute atomic E-state index is 0.0821. The Morgan fingerprint density at radius 1 is 1.30 bits per heavy atom. The molecule has 23 heavy (non-hydrogen) atoms. The molecule has 4 nitrogen and oxygen atoms in total. The monoisotopic (exact) mass is 321 g/mol. The number of aryl methyl sites for hydroxylation is 1. The van der Waals surface area contributed by atoms with Crippen molar-refractivity contribution in [3.63, 3.8) is 0 Å². The first-order chi connectivity index (χ1) is 11.1. The van der Waals surface area contributed by atoms with E-state index in [1.54, 1.807) is 6.07 Å². The second-order valence-corrected chi connectivity index (χ2v) is 6.03. The van der Waals surface area contributed by atoms with E-state index in [2.05, 4.69) is 10.00 Å². The summed E-state index contributed by atoms with van der Waals surface area (Å²) in [6.07, 6.45) is 4.78. The predicted octanol–water partition coefficient (Wildman–Crippen LogP) is 2.53. The van der Waals surface area contributed by atoms with Crippen LogP contribution in [-0.4, -0.2) is 39.0 Å². The van der Waals surface area contributed by atoms with Crippen LogP contribution in [0.1, 0.15) is 30.5 Å². The number of β-amino-alcohol motifs (C(OH)–C–C–N with tert-alkyl or cyclic N) is 1. The molecular weight excluding hydrogens is 300 g/mol. The predicted molar refractivity (Wildman–Crippen MR) is 82.9 cm³/mol. The van der Waals surface area contributed by atoms with Crippen molar-refractivity contribution in [2.45, 2.75) is 38.5 Å². The highest BCUT2D eigenvalue weighted by Gasteiger charge is 2.32. The molecule has 0 saturated carbocycles. The minimum Gasteiger partial charge on any atom is -0.392 e. The molecule has 124 valence electrons. The van der Waals surface area contributed by atoms with Gasteiger partial charge in [-0.15, -0.1) is 0 Å². The first-order valence-corrected chi connectivity index (χ1v) is 7.95. The largest absolute Gasteiger partial charge is 0.392 e. The number of benzene rings is 1. The van der Waals surface area contributed by atoms with Gasteiger partial charge in [-0.1, -0.05) is 6.07 Å². The highest BCUT2D eigenvalue weighted by Crippen LogP contribution is 2.32. The molecule has 2 heterocycles. The van der Waals surface area contributed by atoms with Crippen molar-refractivity contribution in [2.24, 2.45) is 0 Å². The maximum absolute atomic E-state index is 13.5. The molecule has 0 aliphatic carbocycles. The summed E-state index contributed by atoms with van der Waals surface area (Å²) in [5.41, 5.74) is 1.85. The zero-order valence-electron chi connectivity index (χ0n) is 13.1. The van der Waals surface area contributed by atoms with Gasteiger partial charge in [-0.25, -0.2) is 8.78 Å². The van der Waals surface area contributed by atoms with Crippen molar-refractivity contribution >= 4 is 0 Å². The maximum atomic E-state index is 13.5. The maximum Gasteiger partial charge on any atom is 0.159 e. The Bertz CT molecular complexity index is 674. The number of rotatable bonds is 5. The smallest absolute Gasteiger partial charge is 0.159 e. The SMILES string of the molecule is CCn1cc(CCN2C[C@@H](O)C[C@H]2c2ccc(F)c(F)c2)cn1. The number of hydrogen-bond acceptors (Lipinski definition) is 3. The van der Waals surface area contributed by atoms with Crippen LogP contribution in [0.15, 0.2) is 30.6 Å². The first-order valence-electron chi connectivity index (χ1n) is 7.95. The lowest BCUT2D eigenvalue weighted by atomic mass is 10.0. The van der Waals surface area contributed by atoms with E-state index >= 15 is 0 Å². The molecule has 0 bridgehead atoms. The van der Waals surface area contributed by atoms with E-state index in [-0.39, 0.29) is 6.04 Å². The van der Waals surface area contributed by atoms with E-state index in [1.165, 1.54) is 6.07 Å². The number of aliphatic hydroxyl groups excluding tert-OH is 1. The van der Waals surface area contributed by atoms with Gasteiger partial charge in [0.15, 0.2) is 11.6 Å². The number of likely N-dealkylation sites (tertiary alicyclic amines) is 1. The number of halogens is 2.